The van der Waals surface area contributed by atoms with Crippen LogP contribution in [0, 0.1) is 24.5 Å². The van der Waals surface area contributed by atoms with Gasteiger partial charge in [0.1, 0.15) is 6.10 Å². The molecular weight excluding hydrogens is 480 g/mol. The molecule has 1 heterocycles. The summed E-state index contributed by atoms with van der Waals surface area (Å²) in [5.41, 5.74) is 0.934. The fraction of sp³-hybridized carbons (Fsp3) is 0.552. The van der Waals surface area contributed by atoms with Crippen LogP contribution in [-0.4, -0.2) is 42.2 Å². The Morgan fingerprint density at radius 1 is 1.08 bits per heavy atom. The Morgan fingerprint density at radius 3 is 2.62 bits per heavy atom. The van der Waals surface area contributed by atoms with Gasteiger partial charge in [-0.2, -0.15) is 0 Å². The van der Waals surface area contributed by atoms with E-state index in [4.69, 9.17) is 18.9 Å². The molecule has 6 nitrogen and oxygen atoms in total. The van der Waals surface area contributed by atoms with Gasteiger partial charge in [0.2, 0.25) is 0 Å². The van der Waals surface area contributed by atoms with Crippen molar-refractivity contribution in [1.82, 2.24) is 5.32 Å². The predicted molar refractivity (Wildman–Crippen MR) is 132 cm³/mol. The van der Waals surface area contributed by atoms with Gasteiger partial charge in [0.05, 0.1) is 25.4 Å². The Hall–Kier alpha value is -2.39. The van der Waals surface area contributed by atoms with E-state index in [2.05, 4.69) is 5.32 Å². The third-order valence-electron chi connectivity index (χ3n) is 7.39. The summed E-state index contributed by atoms with van der Waals surface area (Å²) >= 11 is 0. The molecule has 200 valence electrons. The van der Waals surface area contributed by atoms with E-state index in [1.807, 2.05) is 45.0 Å². The molecule has 0 radical (unpaired) electrons. The summed E-state index contributed by atoms with van der Waals surface area (Å²) in [5.74, 6) is -2.45. The van der Waals surface area contributed by atoms with Crippen LogP contribution in [0.3, 0.4) is 0 Å². The van der Waals surface area contributed by atoms with Gasteiger partial charge in [-0.1, -0.05) is 42.0 Å². The van der Waals surface area contributed by atoms with Crippen molar-refractivity contribution in [1.29, 1.82) is 0 Å². The number of halogens is 2. The molecule has 8 heteroatoms. The molecule has 1 N–H and O–H groups in total. The Balaban J connectivity index is 1.41. The average Bonchev–Trinajstić information content (AvgIpc) is 3.63. The summed E-state index contributed by atoms with van der Waals surface area (Å²) in [6.07, 6.45) is 1.15. The SMILES string of the molecule is Cc1cccc(CO[C@]2(C(=O)NCC3CC3)CC(OCc3cccc(F)c3F)[C@@H]3OC(C)(C)O[C@@H]3C2)c1. The highest BCUT2D eigenvalue weighted by Crippen LogP contribution is 2.44. The second-order valence-corrected chi connectivity index (χ2v) is 11.0. The second kappa shape index (κ2) is 10.4. The maximum absolute atomic E-state index is 14.4. The first-order valence-electron chi connectivity index (χ1n) is 13.0. The fourth-order valence-electron chi connectivity index (χ4n) is 5.31. The van der Waals surface area contributed by atoms with Crippen molar-refractivity contribution >= 4 is 5.91 Å². The van der Waals surface area contributed by atoms with E-state index < -0.39 is 41.3 Å². The minimum Gasteiger partial charge on any atom is -0.370 e. The van der Waals surface area contributed by atoms with Gasteiger partial charge in [0.25, 0.3) is 5.91 Å². The highest BCUT2D eigenvalue weighted by Gasteiger charge is 2.58. The average molecular weight is 516 g/mol. The number of hydrogen-bond donors (Lipinski definition) is 1. The molecule has 0 aromatic heterocycles. The van der Waals surface area contributed by atoms with Gasteiger partial charge in [-0.15, -0.1) is 0 Å². The lowest BCUT2D eigenvalue weighted by atomic mass is 9.78. The summed E-state index contributed by atoms with van der Waals surface area (Å²) in [7, 11) is 0. The molecule has 37 heavy (non-hydrogen) atoms. The first-order valence-corrected chi connectivity index (χ1v) is 13.0. The number of benzene rings is 2. The highest BCUT2D eigenvalue weighted by atomic mass is 19.2. The van der Waals surface area contributed by atoms with Crippen molar-refractivity contribution in [2.45, 2.75) is 89.4 Å². The van der Waals surface area contributed by atoms with Crippen molar-refractivity contribution < 1.29 is 32.5 Å². The minimum atomic E-state index is -1.23. The Morgan fingerprint density at radius 2 is 1.86 bits per heavy atom. The van der Waals surface area contributed by atoms with E-state index in [1.54, 1.807) is 0 Å². The number of nitrogens with one attached hydrogen (secondary N) is 1. The lowest BCUT2D eigenvalue weighted by Crippen LogP contribution is -2.60. The monoisotopic (exact) mass is 515 g/mol. The van der Waals surface area contributed by atoms with Crippen LogP contribution in [-0.2, 0) is 37.0 Å². The number of rotatable bonds is 9. The van der Waals surface area contributed by atoms with Crippen molar-refractivity contribution in [3.63, 3.8) is 0 Å². The van der Waals surface area contributed by atoms with E-state index in [1.165, 1.54) is 12.1 Å². The molecule has 2 aromatic rings. The van der Waals surface area contributed by atoms with E-state index in [-0.39, 0.29) is 31.1 Å². The van der Waals surface area contributed by atoms with Crippen LogP contribution in [0.5, 0.6) is 0 Å². The maximum Gasteiger partial charge on any atom is 0.252 e. The van der Waals surface area contributed by atoms with Crippen LogP contribution < -0.4 is 5.32 Å². The number of fused-ring (bicyclic) bond motifs is 1. The molecular formula is C29H35F2NO5. The summed E-state index contributed by atoms with van der Waals surface area (Å²) in [5, 5.41) is 3.09. The molecule has 1 unspecified atom stereocenters. The number of amides is 1. The maximum atomic E-state index is 14.4. The second-order valence-electron chi connectivity index (χ2n) is 11.0. The molecule has 3 fully saturated rings. The van der Waals surface area contributed by atoms with Gasteiger partial charge in [-0.25, -0.2) is 8.78 Å². The first-order chi connectivity index (χ1) is 17.6. The summed E-state index contributed by atoms with van der Waals surface area (Å²) in [6.45, 7) is 6.32. The molecule has 5 rings (SSSR count). The smallest absolute Gasteiger partial charge is 0.252 e. The van der Waals surface area contributed by atoms with Gasteiger partial charge in [0.15, 0.2) is 23.0 Å². The molecule has 4 atom stereocenters. The molecule has 0 spiro atoms. The molecule has 2 aliphatic carbocycles. The lowest BCUT2D eigenvalue weighted by Gasteiger charge is -2.43. The van der Waals surface area contributed by atoms with Gasteiger partial charge in [-0.05, 0) is 51.2 Å². The van der Waals surface area contributed by atoms with E-state index in [9.17, 15) is 13.6 Å². The summed E-state index contributed by atoms with van der Waals surface area (Å²) < 4.78 is 53.1. The lowest BCUT2D eigenvalue weighted by molar-refractivity contribution is -0.183. The molecule has 1 amide bonds. The third-order valence-corrected chi connectivity index (χ3v) is 7.39. The zero-order chi connectivity index (χ0) is 26.2. The third kappa shape index (κ3) is 6.03. The van der Waals surface area contributed by atoms with Crippen LogP contribution in [0.4, 0.5) is 8.78 Å². The Labute approximate surface area is 216 Å². The number of carbonyl (C=O) groups excluding carboxylic acids is 1. The van der Waals surface area contributed by atoms with E-state index in [0.29, 0.717) is 18.9 Å². The summed E-state index contributed by atoms with van der Waals surface area (Å²) in [6, 6.07) is 12.0. The van der Waals surface area contributed by atoms with E-state index in [0.717, 1.165) is 30.0 Å². The zero-order valence-corrected chi connectivity index (χ0v) is 21.6. The molecule has 3 aliphatic rings. The molecule has 2 saturated carbocycles. The molecule has 1 aliphatic heterocycles. The van der Waals surface area contributed by atoms with Crippen LogP contribution >= 0.6 is 0 Å². The van der Waals surface area contributed by atoms with Gasteiger partial charge >= 0.3 is 0 Å². The number of hydrogen-bond acceptors (Lipinski definition) is 5. The van der Waals surface area contributed by atoms with Gasteiger partial charge < -0.3 is 24.3 Å². The topological polar surface area (TPSA) is 66.0 Å². The number of ether oxygens (including phenoxy) is 4. The first kappa shape index (κ1) is 26.2. The zero-order valence-electron chi connectivity index (χ0n) is 21.6. The van der Waals surface area contributed by atoms with Gasteiger partial charge in [-0.3, -0.25) is 4.79 Å². The van der Waals surface area contributed by atoms with Crippen LogP contribution in [0.2, 0.25) is 0 Å². The highest BCUT2D eigenvalue weighted by molar-refractivity contribution is 5.85. The quantitative estimate of drug-likeness (QED) is 0.512. The Kier molecular flexibility index (Phi) is 7.38. The van der Waals surface area contributed by atoms with E-state index >= 15 is 0 Å². The number of carbonyl (C=O) groups is 1. The van der Waals surface area contributed by atoms with Crippen molar-refractivity contribution in [3.05, 3.63) is 70.8 Å². The normalized spacial score (nSPS) is 28.6. The van der Waals surface area contributed by atoms with Crippen LogP contribution in [0.25, 0.3) is 0 Å². The van der Waals surface area contributed by atoms with Crippen LogP contribution in [0.1, 0.15) is 56.2 Å². The minimum absolute atomic E-state index is 0.102. The number of aryl methyl sites for hydroxylation is 1. The fourth-order valence-corrected chi connectivity index (χ4v) is 5.31. The molecule has 2 aromatic carbocycles. The molecule has 1 saturated heterocycles. The Bertz CT molecular complexity index is 1140. The largest absolute Gasteiger partial charge is 0.370 e. The summed E-state index contributed by atoms with van der Waals surface area (Å²) in [4.78, 5) is 13.7. The molecule has 0 bridgehead atoms. The van der Waals surface area contributed by atoms with Crippen molar-refractivity contribution in [3.8, 4) is 0 Å². The predicted octanol–water partition coefficient (Wildman–Crippen LogP) is 4.95. The van der Waals surface area contributed by atoms with Gasteiger partial charge in [0, 0.05) is 24.9 Å². The van der Waals surface area contributed by atoms with Crippen molar-refractivity contribution in [2.24, 2.45) is 5.92 Å². The van der Waals surface area contributed by atoms with Crippen molar-refractivity contribution in [2.75, 3.05) is 6.54 Å². The standard InChI is InChI=1S/C29H35F2NO5/c1-18-6-4-7-20(12-18)16-35-29(27(33)32-15-19-10-11-19)13-23(26-24(14-29)36-28(2,3)37-26)34-17-21-8-5-9-22(30)25(21)31/h4-9,12,19,23-24,26H,10-11,13-17H2,1-3H3,(H,32,33)/t23?,24-,26+,29-/m1/s1. The van der Waals surface area contributed by atoms with Crippen LogP contribution in [0.15, 0.2) is 42.5 Å².